The average molecular weight is 564 g/mol. The number of hydrogen-bond donors (Lipinski definition) is 1. The Balaban J connectivity index is 2.67. The number of methoxy groups -OCH3 is 2. The van der Waals surface area contributed by atoms with Crippen molar-refractivity contribution in [3.8, 4) is 5.75 Å². The second-order valence-corrected chi connectivity index (χ2v) is 10.4. The highest BCUT2D eigenvalue weighted by Gasteiger charge is 2.19. The molecule has 8 heteroatoms. The van der Waals surface area contributed by atoms with Crippen molar-refractivity contribution in [2.45, 2.75) is 59.9 Å². The number of rotatable bonds is 18. The van der Waals surface area contributed by atoms with Gasteiger partial charge in [0.25, 0.3) is 5.91 Å². The van der Waals surface area contributed by atoms with E-state index in [1.54, 1.807) is 14.0 Å². The van der Waals surface area contributed by atoms with E-state index in [0.29, 0.717) is 18.1 Å². The van der Waals surface area contributed by atoms with E-state index in [-0.39, 0.29) is 22.6 Å². The normalized spacial score (nSPS) is 13.3. The minimum absolute atomic E-state index is 0.182. The molecule has 0 radical (unpaired) electrons. The first-order chi connectivity index (χ1) is 18.5. The molecule has 0 saturated heterocycles. The number of amides is 1. The number of halogens is 1. The van der Waals surface area contributed by atoms with E-state index in [9.17, 15) is 4.79 Å². The topological polar surface area (TPSA) is 63.3 Å². The van der Waals surface area contributed by atoms with Crippen molar-refractivity contribution in [1.82, 2.24) is 15.1 Å². The van der Waals surface area contributed by atoms with E-state index in [2.05, 4.69) is 75.6 Å². The van der Waals surface area contributed by atoms with E-state index in [1.165, 1.54) is 29.9 Å². The lowest BCUT2D eigenvalue weighted by molar-refractivity contribution is -0.117. The Morgan fingerprint density at radius 3 is 2.38 bits per heavy atom. The number of hydrogen-bond acceptors (Lipinski definition) is 6. The summed E-state index contributed by atoms with van der Waals surface area (Å²) in [5, 5.41) is 3.13. The van der Waals surface area contributed by atoms with Crippen molar-refractivity contribution in [2.24, 2.45) is 0 Å². The fourth-order valence-electron chi connectivity index (χ4n) is 4.27. The highest BCUT2D eigenvalue weighted by atomic mass is 35.5. The van der Waals surface area contributed by atoms with Gasteiger partial charge in [0.05, 0.1) is 31.4 Å². The van der Waals surface area contributed by atoms with Crippen LogP contribution in [0.25, 0.3) is 0 Å². The van der Waals surface area contributed by atoms with Gasteiger partial charge in [0.1, 0.15) is 11.5 Å². The molecule has 0 bridgehead atoms. The number of nitrogens with zero attached hydrogens (tertiary/aromatic N) is 2. The molecule has 0 aromatic heterocycles. The Labute approximate surface area is 241 Å². The quantitative estimate of drug-likeness (QED) is 0.100. The van der Waals surface area contributed by atoms with Gasteiger partial charge in [0.2, 0.25) is 0 Å². The molecule has 1 aromatic rings. The van der Waals surface area contributed by atoms with Crippen LogP contribution in [0.3, 0.4) is 0 Å². The van der Waals surface area contributed by atoms with Gasteiger partial charge in [0, 0.05) is 25.2 Å². The molecule has 39 heavy (non-hydrogen) atoms. The van der Waals surface area contributed by atoms with Crippen LogP contribution in [0, 0.1) is 13.8 Å². The SMILES string of the molecule is C=C(C(=O)NCCCN(CC)C(C)c1ccc(OCCCCN(C)C)c(C)c1C)/C(Cl)=C\C(OC)=C(/C)OC. The van der Waals surface area contributed by atoms with Crippen LogP contribution in [-0.4, -0.2) is 76.8 Å². The minimum atomic E-state index is -0.304. The molecule has 0 fully saturated rings. The highest BCUT2D eigenvalue weighted by molar-refractivity contribution is 6.35. The first-order valence-corrected chi connectivity index (χ1v) is 14.1. The molecule has 0 aliphatic rings. The first-order valence-electron chi connectivity index (χ1n) is 13.7. The Kier molecular flexibility index (Phi) is 15.9. The Morgan fingerprint density at radius 1 is 1.10 bits per heavy atom. The third-order valence-electron chi connectivity index (χ3n) is 7.04. The summed E-state index contributed by atoms with van der Waals surface area (Å²) in [5.41, 5.74) is 3.95. The number of benzene rings is 1. The van der Waals surface area contributed by atoms with Crippen molar-refractivity contribution in [2.75, 3.05) is 61.1 Å². The third kappa shape index (κ3) is 11.3. The van der Waals surface area contributed by atoms with Crippen LogP contribution < -0.4 is 10.1 Å². The lowest BCUT2D eigenvalue weighted by Gasteiger charge is -2.30. The highest BCUT2D eigenvalue weighted by Crippen LogP contribution is 2.31. The molecular formula is C31H50ClN3O4. The largest absolute Gasteiger partial charge is 0.498 e. The maximum atomic E-state index is 12.6. The third-order valence-corrected chi connectivity index (χ3v) is 7.38. The zero-order valence-electron chi connectivity index (χ0n) is 25.6. The standard InChI is InChI=1S/C31H50ClN3O4/c1-11-35(19-14-17-33-31(36)24(4)28(32)21-30(38-10)26(6)37-9)25(5)27-15-16-29(23(3)22(27)2)39-20-13-12-18-34(7)8/h15-16,21,25H,4,11-14,17-20H2,1-3,5-10H3,(H,33,36)/b28-21+,30-26-. The first kappa shape index (κ1) is 34.5. The van der Waals surface area contributed by atoms with Gasteiger partial charge >= 0.3 is 0 Å². The molecule has 7 nitrogen and oxygen atoms in total. The summed E-state index contributed by atoms with van der Waals surface area (Å²) in [6.45, 7) is 18.4. The fraction of sp³-hybridized carbons (Fsp3) is 0.581. The van der Waals surface area contributed by atoms with Crippen LogP contribution in [0.5, 0.6) is 5.75 Å². The molecule has 0 spiro atoms. The van der Waals surface area contributed by atoms with Crippen LogP contribution in [0.2, 0.25) is 0 Å². The van der Waals surface area contributed by atoms with Crippen LogP contribution in [0.4, 0.5) is 0 Å². The Bertz CT molecular complexity index is 1000. The van der Waals surface area contributed by atoms with Gasteiger partial charge in [0.15, 0.2) is 5.76 Å². The Hall–Kier alpha value is -2.48. The zero-order valence-corrected chi connectivity index (χ0v) is 26.3. The average Bonchev–Trinajstić information content (AvgIpc) is 2.92. The molecule has 0 saturated carbocycles. The summed E-state index contributed by atoms with van der Waals surface area (Å²) in [6.07, 6.45) is 4.51. The van der Waals surface area contributed by atoms with Crippen molar-refractivity contribution in [1.29, 1.82) is 0 Å². The Morgan fingerprint density at radius 2 is 1.79 bits per heavy atom. The summed E-state index contributed by atoms with van der Waals surface area (Å²) in [7, 11) is 7.25. The van der Waals surface area contributed by atoms with E-state index >= 15 is 0 Å². The lowest BCUT2D eigenvalue weighted by atomic mass is 9.96. The molecule has 1 atom stereocenters. The number of carbonyl (C=O) groups excluding carboxylic acids is 1. The summed E-state index contributed by atoms with van der Waals surface area (Å²) < 4.78 is 16.5. The lowest BCUT2D eigenvalue weighted by Crippen LogP contribution is -2.32. The van der Waals surface area contributed by atoms with Gasteiger partial charge in [-0.05, 0) is 96.9 Å². The number of ether oxygens (including phenoxy) is 3. The molecule has 0 aliphatic heterocycles. The van der Waals surface area contributed by atoms with Gasteiger partial charge in [-0.1, -0.05) is 31.2 Å². The van der Waals surface area contributed by atoms with E-state index in [4.69, 9.17) is 25.8 Å². The smallest absolute Gasteiger partial charge is 0.252 e. The predicted molar refractivity (Wildman–Crippen MR) is 162 cm³/mol. The number of nitrogens with one attached hydrogen (secondary N) is 1. The molecule has 0 aliphatic carbocycles. The number of allylic oxidation sites excluding steroid dienone is 2. The fourth-order valence-corrected chi connectivity index (χ4v) is 4.45. The molecule has 0 heterocycles. The summed E-state index contributed by atoms with van der Waals surface area (Å²) in [5.74, 6) is 1.66. The zero-order chi connectivity index (χ0) is 29.5. The molecule has 1 rings (SSSR count). The molecule has 1 N–H and O–H groups in total. The van der Waals surface area contributed by atoms with Gasteiger partial charge in [-0.15, -0.1) is 0 Å². The van der Waals surface area contributed by atoms with E-state index < -0.39 is 0 Å². The number of unbranched alkanes of at least 4 members (excludes halogenated alkanes) is 1. The summed E-state index contributed by atoms with van der Waals surface area (Å²) in [4.78, 5) is 17.2. The monoisotopic (exact) mass is 563 g/mol. The molecule has 220 valence electrons. The van der Waals surface area contributed by atoms with Crippen LogP contribution >= 0.6 is 11.6 Å². The van der Waals surface area contributed by atoms with Crippen LogP contribution in [-0.2, 0) is 14.3 Å². The summed E-state index contributed by atoms with van der Waals surface area (Å²) >= 11 is 6.30. The molecule has 1 unspecified atom stereocenters. The second kappa shape index (κ2) is 18.0. The van der Waals surface area contributed by atoms with Crippen molar-refractivity contribution < 1.29 is 19.0 Å². The van der Waals surface area contributed by atoms with Crippen molar-refractivity contribution in [3.63, 3.8) is 0 Å². The molecular weight excluding hydrogens is 514 g/mol. The van der Waals surface area contributed by atoms with Gasteiger partial charge in [-0.25, -0.2) is 0 Å². The van der Waals surface area contributed by atoms with Crippen molar-refractivity contribution >= 4 is 17.5 Å². The number of carbonyl (C=O) groups is 1. The molecule has 1 amide bonds. The maximum Gasteiger partial charge on any atom is 0.252 e. The van der Waals surface area contributed by atoms with Gasteiger partial charge in [-0.2, -0.15) is 0 Å². The van der Waals surface area contributed by atoms with Gasteiger partial charge < -0.3 is 24.4 Å². The predicted octanol–water partition coefficient (Wildman–Crippen LogP) is 6.12. The van der Waals surface area contributed by atoms with Crippen molar-refractivity contribution in [3.05, 3.63) is 63.6 Å². The maximum absolute atomic E-state index is 12.6. The van der Waals surface area contributed by atoms with Crippen LogP contribution in [0.1, 0.15) is 62.8 Å². The second-order valence-electron chi connectivity index (χ2n) is 9.98. The van der Waals surface area contributed by atoms with E-state index in [1.807, 2.05) is 0 Å². The van der Waals surface area contributed by atoms with Crippen LogP contribution in [0.15, 0.2) is 46.9 Å². The minimum Gasteiger partial charge on any atom is -0.498 e. The van der Waals surface area contributed by atoms with Gasteiger partial charge in [-0.3, -0.25) is 9.69 Å². The molecule has 1 aromatic carbocycles. The van der Waals surface area contributed by atoms with E-state index in [0.717, 1.165) is 51.3 Å². The summed E-state index contributed by atoms with van der Waals surface area (Å²) in [6, 6.07) is 4.54.